The molecule has 162 valence electrons. The van der Waals surface area contributed by atoms with Gasteiger partial charge in [-0.1, -0.05) is 31.6 Å². The normalized spacial score (nSPS) is 17.1. The number of rotatable bonds is 5. The van der Waals surface area contributed by atoms with Gasteiger partial charge >= 0.3 is 0 Å². The zero-order valence-electron chi connectivity index (χ0n) is 18.7. The first-order valence-electron chi connectivity index (χ1n) is 11.2. The van der Waals surface area contributed by atoms with Gasteiger partial charge in [0.15, 0.2) is 0 Å². The molecule has 0 unspecified atom stereocenters. The fourth-order valence-corrected chi connectivity index (χ4v) is 3.90. The van der Waals surface area contributed by atoms with Crippen molar-refractivity contribution in [3.63, 3.8) is 0 Å². The van der Waals surface area contributed by atoms with E-state index in [0.717, 1.165) is 67.4 Å². The molecule has 1 aromatic carbocycles. The monoisotopic (exact) mass is 410 g/mol. The minimum Gasteiger partial charge on any atom is -0.492 e. The maximum absolute atomic E-state index is 13.6. The van der Waals surface area contributed by atoms with Crippen molar-refractivity contribution in [1.29, 1.82) is 0 Å². The topological polar surface area (TPSA) is 59.4 Å². The van der Waals surface area contributed by atoms with E-state index in [-0.39, 0.29) is 5.56 Å². The highest BCUT2D eigenvalue weighted by molar-refractivity contribution is 5.80. The summed E-state index contributed by atoms with van der Waals surface area (Å²) < 4.78 is 7.65. The molecule has 1 N–H and O–H groups in total. The summed E-state index contributed by atoms with van der Waals surface area (Å²) >= 11 is 0. The second-order valence-electron chi connectivity index (χ2n) is 7.38. The molecule has 1 aromatic heterocycles. The second kappa shape index (κ2) is 10.5. The molecule has 6 heteroatoms. The maximum atomic E-state index is 13.6. The molecule has 1 saturated heterocycles. The third-order valence-electron chi connectivity index (χ3n) is 5.30. The number of nitrogens with zero attached hydrogens (tertiary/aromatic N) is 3. The molecule has 0 radical (unpaired) electrons. The van der Waals surface area contributed by atoms with Gasteiger partial charge in [-0.15, -0.1) is 0 Å². The van der Waals surface area contributed by atoms with Crippen LogP contribution in [0.5, 0.6) is 0 Å². The Labute approximate surface area is 179 Å². The van der Waals surface area contributed by atoms with Gasteiger partial charge in [0.2, 0.25) is 0 Å². The van der Waals surface area contributed by atoms with E-state index in [1.54, 1.807) is 4.57 Å². The number of hydrogen-bond donors (Lipinski definition) is 1. The van der Waals surface area contributed by atoms with Crippen molar-refractivity contribution in [2.24, 2.45) is 0 Å². The van der Waals surface area contributed by atoms with Crippen molar-refractivity contribution in [3.05, 3.63) is 57.9 Å². The second-order valence-corrected chi connectivity index (χ2v) is 7.38. The van der Waals surface area contributed by atoms with Crippen molar-refractivity contribution >= 4 is 16.6 Å². The van der Waals surface area contributed by atoms with E-state index in [0.29, 0.717) is 18.5 Å². The highest BCUT2D eigenvalue weighted by atomic mass is 16.5. The molecule has 0 amide bonds. The molecule has 1 fully saturated rings. The average molecular weight is 411 g/mol. The molecule has 2 heterocycles. The van der Waals surface area contributed by atoms with Crippen LogP contribution in [-0.4, -0.2) is 47.2 Å². The van der Waals surface area contributed by atoms with E-state index < -0.39 is 0 Å². The van der Waals surface area contributed by atoms with Crippen LogP contribution in [0, 0.1) is 6.92 Å². The Balaban J connectivity index is 0.00000124. The summed E-state index contributed by atoms with van der Waals surface area (Å²) in [4.78, 5) is 20.8. The Morgan fingerprint density at radius 1 is 1.13 bits per heavy atom. The quantitative estimate of drug-likeness (QED) is 0.815. The maximum Gasteiger partial charge on any atom is 0.266 e. The van der Waals surface area contributed by atoms with Crippen LogP contribution >= 0.6 is 0 Å². The third-order valence-corrected chi connectivity index (χ3v) is 5.30. The third kappa shape index (κ3) is 4.82. The Hall–Kier alpha value is -2.44. The first-order valence-corrected chi connectivity index (χ1v) is 11.2. The fraction of sp³-hybridized carbons (Fsp3) is 0.500. The van der Waals surface area contributed by atoms with E-state index in [2.05, 4.69) is 22.4 Å². The molecule has 2 aromatic rings. The predicted octanol–water partition coefficient (Wildman–Crippen LogP) is 3.69. The standard InChI is InChI=1S/C22H28N4O2.C2H6/c1-3-28-20-7-5-4-6-19(20)26-21(15-25-12-10-23-11-13-25)24-18-9-8-16(2)14-17(18)22(26)27;1-2/h6-9,14,23H,3-5,10-13,15H2,1-2H3;1-2H3. The summed E-state index contributed by atoms with van der Waals surface area (Å²) in [5.41, 5.74) is 2.64. The number of hydrogen-bond acceptors (Lipinski definition) is 5. The summed E-state index contributed by atoms with van der Waals surface area (Å²) in [7, 11) is 0. The lowest BCUT2D eigenvalue weighted by molar-refractivity contribution is 0.224. The van der Waals surface area contributed by atoms with Crippen LogP contribution in [-0.2, 0) is 11.3 Å². The molecular formula is C24H34N4O2. The zero-order valence-corrected chi connectivity index (χ0v) is 18.7. The zero-order chi connectivity index (χ0) is 21.5. The van der Waals surface area contributed by atoms with Gasteiger partial charge in [-0.05, 0) is 44.9 Å². The lowest BCUT2D eigenvalue weighted by atomic mass is 10.1. The van der Waals surface area contributed by atoms with Crippen LogP contribution in [0.25, 0.3) is 16.6 Å². The molecule has 0 spiro atoms. The van der Waals surface area contributed by atoms with Crippen molar-refractivity contribution in [3.8, 4) is 0 Å². The Morgan fingerprint density at radius 3 is 2.60 bits per heavy atom. The number of aryl methyl sites for hydroxylation is 1. The first kappa shape index (κ1) is 22.2. The summed E-state index contributed by atoms with van der Waals surface area (Å²) in [5.74, 6) is 1.56. The van der Waals surface area contributed by atoms with E-state index in [4.69, 9.17) is 9.72 Å². The number of nitrogens with one attached hydrogen (secondary N) is 1. The number of aromatic nitrogens is 2. The Bertz CT molecular complexity index is 985. The minimum absolute atomic E-state index is 0.0161. The molecule has 1 aliphatic heterocycles. The van der Waals surface area contributed by atoms with Gasteiger partial charge in [-0.25, -0.2) is 4.98 Å². The molecule has 2 aliphatic rings. The average Bonchev–Trinajstić information content (AvgIpc) is 2.78. The molecule has 0 bridgehead atoms. The van der Waals surface area contributed by atoms with E-state index in [1.165, 1.54) is 0 Å². The Morgan fingerprint density at radius 2 is 1.87 bits per heavy atom. The van der Waals surface area contributed by atoms with Crippen molar-refractivity contribution in [1.82, 2.24) is 19.8 Å². The number of piperazine rings is 1. The summed E-state index contributed by atoms with van der Waals surface area (Å²) in [5, 5.41) is 4.04. The molecule has 0 saturated carbocycles. The van der Waals surface area contributed by atoms with Gasteiger partial charge in [0, 0.05) is 26.2 Å². The first-order chi connectivity index (χ1) is 14.7. The highest BCUT2D eigenvalue weighted by Gasteiger charge is 2.22. The van der Waals surface area contributed by atoms with E-state index in [9.17, 15) is 4.79 Å². The van der Waals surface area contributed by atoms with Gasteiger partial charge in [-0.3, -0.25) is 14.3 Å². The van der Waals surface area contributed by atoms with Crippen LogP contribution in [0.4, 0.5) is 0 Å². The number of ether oxygens (including phenoxy) is 1. The van der Waals surface area contributed by atoms with Gasteiger partial charge in [0.05, 0.1) is 29.8 Å². The molecular weight excluding hydrogens is 376 g/mol. The van der Waals surface area contributed by atoms with Gasteiger partial charge < -0.3 is 10.1 Å². The minimum atomic E-state index is -0.0161. The van der Waals surface area contributed by atoms with E-state index >= 15 is 0 Å². The fourth-order valence-electron chi connectivity index (χ4n) is 3.90. The number of benzene rings is 1. The lowest BCUT2D eigenvalue weighted by Crippen LogP contribution is -2.44. The lowest BCUT2D eigenvalue weighted by Gasteiger charge is -2.28. The molecule has 0 atom stereocenters. The molecule has 4 rings (SSSR count). The largest absolute Gasteiger partial charge is 0.492 e. The SMILES string of the molecule is CC.CCOC1=CCCC=C1n1c(CN2CCNCC2)nc2ccc(C)cc2c1=O. The highest BCUT2D eigenvalue weighted by Crippen LogP contribution is 2.25. The van der Waals surface area contributed by atoms with Crippen LogP contribution in [0.15, 0.2) is 40.9 Å². The van der Waals surface area contributed by atoms with Gasteiger partial charge in [0.25, 0.3) is 5.56 Å². The van der Waals surface area contributed by atoms with Crippen molar-refractivity contribution < 1.29 is 4.74 Å². The smallest absolute Gasteiger partial charge is 0.266 e. The van der Waals surface area contributed by atoms with Crippen molar-refractivity contribution in [2.75, 3.05) is 32.8 Å². The van der Waals surface area contributed by atoms with Gasteiger partial charge in [-0.2, -0.15) is 0 Å². The number of fused-ring (bicyclic) bond motifs is 1. The summed E-state index contributed by atoms with van der Waals surface area (Å²) in [6.07, 6.45) is 6.02. The van der Waals surface area contributed by atoms with Crippen LogP contribution in [0.2, 0.25) is 0 Å². The summed E-state index contributed by atoms with van der Waals surface area (Å²) in [6, 6.07) is 5.90. The van der Waals surface area contributed by atoms with Crippen LogP contribution in [0.1, 0.15) is 45.0 Å². The molecule has 30 heavy (non-hydrogen) atoms. The molecule has 6 nitrogen and oxygen atoms in total. The molecule has 1 aliphatic carbocycles. The predicted molar refractivity (Wildman–Crippen MR) is 123 cm³/mol. The summed E-state index contributed by atoms with van der Waals surface area (Å²) in [6.45, 7) is 13.0. The van der Waals surface area contributed by atoms with Crippen LogP contribution in [0.3, 0.4) is 0 Å². The van der Waals surface area contributed by atoms with Crippen LogP contribution < -0.4 is 10.9 Å². The number of allylic oxidation sites excluding steroid dienone is 3. The Kier molecular flexibility index (Phi) is 7.82. The van der Waals surface area contributed by atoms with E-state index in [1.807, 2.05) is 45.9 Å². The van der Waals surface area contributed by atoms with Gasteiger partial charge in [0.1, 0.15) is 11.6 Å². The van der Waals surface area contributed by atoms with Crippen molar-refractivity contribution in [2.45, 2.75) is 47.1 Å².